The predicted molar refractivity (Wildman–Crippen MR) is 168 cm³/mol. The number of carbonyl (C=O) groups is 2. The molecule has 2 saturated carbocycles. The van der Waals surface area contributed by atoms with Crippen LogP contribution in [0.1, 0.15) is 53.9 Å². The summed E-state index contributed by atoms with van der Waals surface area (Å²) in [6.07, 6.45) is 3.29. The maximum atomic E-state index is 14.3. The Morgan fingerprint density at radius 1 is 1.09 bits per heavy atom. The SMILES string of the molecule is COc1cc(C(=O)N2C[C@H](N)C[C@H](F)C2)cc2nc(-c3cc4cccc(C5CC(C(=O)N(C)C)C5)c4n3CC3CC3)n(C)c12. The van der Waals surface area contributed by atoms with Gasteiger partial charge in [-0.25, -0.2) is 9.37 Å². The molecule has 0 bridgehead atoms. The van der Waals surface area contributed by atoms with Crippen LogP contribution in [0.5, 0.6) is 5.75 Å². The molecular formula is C34H41FN6O3. The molecule has 2 aromatic heterocycles. The van der Waals surface area contributed by atoms with Crippen LogP contribution in [-0.2, 0) is 18.4 Å². The number of para-hydroxylation sites is 1. The molecule has 2 aliphatic carbocycles. The number of likely N-dealkylation sites (tertiary alicyclic amines) is 1. The molecule has 1 saturated heterocycles. The van der Waals surface area contributed by atoms with E-state index >= 15 is 0 Å². The predicted octanol–water partition coefficient (Wildman–Crippen LogP) is 4.71. The summed E-state index contributed by atoms with van der Waals surface area (Å²) in [7, 11) is 7.23. The van der Waals surface area contributed by atoms with E-state index < -0.39 is 6.17 Å². The number of nitrogens with two attached hydrogens (primary N) is 1. The first kappa shape index (κ1) is 28.8. The minimum absolute atomic E-state index is 0.0367. The number of fused-ring (bicyclic) bond motifs is 2. The number of benzene rings is 2. The summed E-state index contributed by atoms with van der Waals surface area (Å²) >= 11 is 0. The number of imidazole rings is 1. The number of alkyl halides is 1. The van der Waals surface area contributed by atoms with Crippen molar-refractivity contribution in [3.05, 3.63) is 47.5 Å². The van der Waals surface area contributed by atoms with Crippen LogP contribution >= 0.6 is 0 Å². The Kier molecular flexibility index (Phi) is 7.15. The minimum atomic E-state index is -1.13. The zero-order chi connectivity index (χ0) is 30.9. The molecular weight excluding hydrogens is 559 g/mol. The number of ether oxygens (including phenoxy) is 1. The number of hydrogen-bond acceptors (Lipinski definition) is 5. The van der Waals surface area contributed by atoms with Gasteiger partial charge in [0.15, 0.2) is 5.82 Å². The van der Waals surface area contributed by atoms with Crippen LogP contribution in [0.25, 0.3) is 33.5 Å². The molecule has 232 valence electrons. The zero-order valence-electron chi connectivity index (χ0n) is 25.9. The average Bonchev–Trinajstić information content (AvgIpc) is 3.63. The van der Waals surface area contributed by atoms with E-state index in [0.29, 0.717) is 35.2 Å². The van der Waals surface area contributed by atoms with E-state index in [9.17, 15) is 14.0 Å². The molecule has 3 heterocycles. The topological polar surface area (TPSA) is 98.6 Å². The third-order valence-electron chi connectivity index (χ3n) is 9.81. The molecule has 1 aliphatic heterocycles. The molecule has 0 unspecified atom stereocenters. The lowest BCUT2D eigenvalue weighted by molar-refractivity contribution is -0.136. The lowest BCUT2D eigenvalue weighted by atomic mass is 9.70. The summed E-state index contributed by atoms with van der Waals surface area (Å²) in [5, 5.41) is 1.16. The first-order chi connectivity index (χ1) is 21.1. The van der Waals surface area contributed by atoms with Gasteiger partial charge in [0.25, 0.3) is 5.91 Å². The van der Waals surface area contributed by atoms with Crippen LogP contribution in [0.15, 0.2) is 36.4 Å². The smallest absolute Gasteiger partial charge is 0.254 e. The van der Waals surface area contributed by atoms with Crippen LogP contribution in [0.4, 0.5) is 4.39 Å². The number of rotatable bonds is 7. The van der Waals surface area contributed by atoms with Gasteiger partial charge in [-0.1, -0.05) is 18.2 Å². The monoisotopic (exact) mass is 600 g/mol. The highest BCUT2D eigenvalue weighted by atomic mass is 19.1. The molecule has 2 aromatic carbocycles. The summed E-state index contributed by atoms with van der Waals surface area (Å²) in [5.41, 5.74) is 11.4. The first-order valence-electron chi connectivity index (χ1n) is 15.7. The Hall–Kier alpha value is -3.92. The molecule has 2 atom stereocenters. The molecule has 4 aromatic rings. The summed E-state index contributed by atoms with van der Waals surface area (Å²) in [4.78, 5) is 34.4. The average molecular weight is 601 g/mol. The fraction of sp³-hybridized carbons (Fsp3) is 0.500. The van der Waals surface area contributed by atoms with E-state index in [-0.39, 0.29) is 36.7 Å². The molecule has 10 heteroatoms. The maximum absolute atomic E-state index is 14.3. The van der Waals surface area contributed by atoms with E-state index in [0.717, 1.165) is 41.8 Å². The van der Waals surface area contributed by atoms with E-state index in [4.69, 9.17) is 15.5 Å². The van der Waals surface area contributed by atoms with Gasteiger partial charge in [-0.05, 0) is 67.7 Å². The van der Waals surface area contributed by atoms with E-state index in [1.54, 1.807) is 24.1 Å². The molecule has 0 spiro atoms. The Labute approximate surface area is 256 Å². The molecule has 7 rings (SSSR count). The van der Waals surface area contributed by atoms with Gasteiger partial charge >= 0.3 is 0 Å². The third-order valence-corrected chi connectivity index (χ3v) is 9.81. The van der Waals surface area contributed by atoms with Gasteiger partial charge in [0, 0.05) is 57.1 Å². The van der Waals surface area contributed by atoms with Gasteiger partial charge in [-0.3, -0.25) is 9.59 Å². The fourth-order valence-electron chi connectivity index (χ4n) is 7.30. The number of amides is 2. The Morgan fingerprint density at radius 3 is 2.55 bits per heavy atom. The lowest BCUT2D eigenvalue weighted by Gasteiger charge is -2.36. The Bertz CT molecular complexity index is 1760. The van der Waals surface area contributed by atoms with E-state index in [1.165, 1.54) is 28.8 Å². The number of aromatic nitrogens is 3. The summed E-state index contributed by atoms with van der Waals surface area (Å²) in [6.45, 7) is 1.27. The summed E-state index contributed by atoms with van der Waals surface area (Å²) in [6, 6.07) is 11.9. The summed E-state index contributed by atoms with van der Waals surface area (Å²) in [5.74, 6) is 2.33. The fourth-order valence-corrected chi connectivity index (χ4v) is 7.30. The molecule has 3 aliphatic rings. The van der Waals surface area contributed by atoms with Gasteiger partial charge in [-0.15, -0.1) is 0 Å². The molecule has 9 nitrogen and oxygen atoms in total. The van der Waals surface area contributed by atoms with Crippen molar-refractivity contribution in [3.8, 4) is 17.3 Å². The molecule has 44 heavy (non-hydrogen) atoms. The number of carbonyl (C=O) groups excluding carboxylic acids is 2. The third kappa shape index (κ3) is 4.93. The van der Waals surface area contributed by atoms with E-state index in [1.807, 2.05) is 25.7 Å². The summed E-state index contributed by atoms with van der Waals surface area (Å²) < 4.78 is 24.5. The minimum Gasteiger partial charge on any atom is -0.494 e. The van der Waals surface area contributed by atoms with Crippen molar-refractivity contribution >= 4 is 33.8 Å². The molecule has 3 fully saturated rings. The van der Waals surface area contributed by atoms with Crippen LogP contribution < -0.4 is 10.5 Å². The second-order valence-electron chi connectivity index (χ2n) is 13.3. The number of aryl methyl sites for hydroxylation is 1. The Balaban J connectivity index is 1.30. The van der Waals surface area contributed by atoms with Crippen molar-refractivity contribution in [2.75, 3.05) is 34.3 Å². The number of hydrogen-bond donors (Lipinski definition) is 1. The quantitative estimate of drug-likeness (QED) is 0.332. The van der Waals surface area contributed by atoms with Crippen molar-refractivity contribution < 1.29 is 18.7 Å². The van der Waals surface area contributed by atoms with E-state index in [2.05, 4.69) is 28.8 Å². The van der Waals surface area contributed by atoms with Crippen molar-refractivity contribution in [3.63, 3.8) is 0 Å². The first-order valence-corrected chi connectivity index (χ1v) is 15.7. The van der Waals surface area contributed by atoms with Gasteiger partial charge in [0.05, 0.1) is 30.4 Å². The highest BCUT2D eigenvalue weighted by molar-refractivity contribution is 6.00. The lowest BCUT2D eigenvalue weighted by Crippen LogP contribution is -2.50. The molecule has 0 radical (unpaired) electrons. The second-order valence-corrected chi connectivity index (χ2v) is 13.3. The number of halogens is 1. The van der Waals surface area contributed by atoms with Crippen molar-refractivity contribution in [2.24, 2.45) is 24.6 Å². The van der Waals surface area contributed by atoms with Crippen LogP contribution in [-0.4, -0.2) is 82.2 Å². The van der Waals surface area contributed by atoms with Gasteiger partial charge in [-0.2, -0.15) is 0 Å². The second kappa shape index (κ2) is 10.9. The number of piperidine rings is 1. The van der Waals surface area contributed by atoms with Crippen molar-refractivity contribution in [1.29, 1.82) is 0 Å². The largest absolute Gasteiger partial charge is 0.494 e. The number of nitrogens with zero attached hydrogens (tertiary/aromatic N) is 5. The van der Waals surface area contributed by atoms with Gasteiger partial charge < -0.3 is 29.4 Å². The standard InChI is InChI=1S/C34H41FN6O3/c1-38(2)33(42)22-10-21(11-22)26-7-5-6-20-13-28(41(30(20)26)16-19-8-9-19)32-37-27-12-23(14-29(44-4)31(27)39(32)3)34(43)40-17-24(35)15-25(36)18-40/h5-7,12-14,19,21-22,24-25H,8-11,15-18,36H2,1-4H3/t21?,22?,24-,25+/m0/s1. The molecule has 2 N–H and O–H groups in total. The van der Waals surface area contributed by atoms with Crippen molar-refractivity contribution in [2.45, 2.75) is 56.8 Å². The number of methoxy groups -OCH3 is 1. The maximum Gasteiger partial charge on any atom is 0.254 e. The van der Waals surface area contributed by atoms with Crippen LogP contribution in [0.2, 0.25) is 0 Å². The highest BCUT2D eigenvalue weighted by Gasteiger charge is 2.38. The van der Waals surface area contributed by atoms with Crippen molar-refractivity contribution in [1.82, 2.24) is 23.9 Å². The van der Waals surface area contributed by atoms with Gasteiger partial charge in [0.2, 0.25) is 5.91 Å². The highest BCUT2D eigenvalue weighted by Crippen LogP contribution is 2.46. The molecule has 2 amide bonds. The normalized spacial score (nSPS) is 23.6. The van der Waals surface area contributed by atoms with Gasteiger partial charge in [0.1, 0.15) is 17.4 Å². The Morgan fingerprint density at radius 2 is 1.86 bits per heavy atom. The van der Waals surface area contributed by atoms with Crippen LogP contribution in [0, 0.1) is 11.8 Å². The zero-order valence-corrected chi connectivity index (χ0v) is 25.9. The van der Waals surface area contributed by atoms with Crippen LogP contribution in [0.3, 0.4) is 0 Å².